The van der Waals surface area contributed by atoms with Crippen molar-refractivity contribution in [2.75, 3.05) is 43.9 Å². The number of nitriles is 1. The minimum absolute atomic E-state index is 0.213. The Morgan fingerprint density at radius 2 is 1.61 bits per heavy atom. The molecule has 0 unspecified atom stereocenters. The van der Waals surface area contributed by atoms with Gasteiger partial charge >= 0.3 is 0 Å². The van der Waals surface area contributed by atoms with Crippen molar-refractivity contribution in [3.8, 4) is 17.3 Å². The molecule has 7 heteroatoms. The first-order valence-corrected chi connectivity index (χ1v) is 12.7. The summed E-state index contributed by atoms with van der Waals surface area (Å²) in [6, 6.07) is 28.8. The summed E-state index contributed by atoms with van der Waals surface area (Å²) >= 11 is 0. The van der Waals surface area contributed by atoms with Gasteiger partial charge in [0, 0.05) is 55.7 Å². The summed E-state index contributed by atoms with van der Waals surface area (Å²) < 4.78 is 0. The summed E-state index contributed by atoms with van der Waals surface area (Å²) in [5, 5.41) is 16.1. The highest BCUT2D eigenvalue weighted by atomic mass is 16.1. The highest BCUT2D eigenvalue weighted by Gasteiger charge is 2.16. The van der Waals surface area contributed by atoms with Gasteiger partial charge in [0.2, 0.25) is 0 Å². The molecule has 0 radical (unpaired) electrons. The number of anilines is 3. The molecule has 2 heterocycles. The molecule has 1 saturated heterocycles. The fraction of sp³-hybridized carbons (Fsp3) is 0.194. The molecule has 0 spiro atoms. The van der Waals surface area contributed by atoms with Crippen LogP contribution >= 0.6 is 0 Å². The minimum Gasteiger partial charge on any atom is -0.354 e. The first-order valence-electron chi connectivity index (χ1n) is 12.7. The van der Waals surface area contributed by atoms with Gasteiger partial charge in [-0.1, -0.05) is 42.5 Å². The lowest BCUT2D eigenvalue weighted by atomic mass is 10.0. The number of pyridine rings is 1. The Hall–Kier alpha value is -4.51. The van der Waals surface area contributed by atoms with Crippen molar-refractivity contribution in [1.29, 1.82) is 5.26 Å². The van der Waals surface area contributed by atoms with E-state index in [1.54, 1.807) is 12.1 Å². The lowest BCUT2D eigenvalue weighted by Crippen LogP contribution is -2.43. The quantitative estimate of drug-likeness (QED) is 0.354. The maximum atomic E-state index is 13.0. The van der Waals surface area contributed by atoms with Crippen molar-refractivity contribution in [2.45, 2.75) is 6.54 Å². The molecule has 5 rings (SSSR count). The topological polar surface area (TPSA) is 84.3 Å². The van der Waals surface area contributed by atoms with E-state index < -0.39 is 0 Å². The summed E-state index contributed by atoms with van der Waals surface area (Å²) in [6.45, 7) is 4.90. The van der Waals surface area contributed by atoms with E-state index in [2.05, 4.69) is 38.5 Å². The van der Waals surface area contributed by atoms with E-state index >= 15 is 0 Å². The van der Waals surface area contributed by atoms with E-state index in [0.717, 1.165) is 55.2 Å². The number of hydrogen-bond acceptors (Lipinski definition) is 6. The van der Waals surface area contributed by atoms with Gasteiger partial charge in [-0.2, -0.15) is 5.26 Å². The number of para-hydroxylation sites is 3. The van der Waals surface area contributed by atoms with Crippen LogP contribution in [0, 0.1) is 11.3 Å². The zero-order valence-corrected chi connectivity index (χ0v) is 21.4. The van der Waals surface area contributed by atoms with Crippen LogP contribution in [0.5, 0.6) is 0 Å². The number of nitrogens with one attached hydrogen (secondary N) is 2. The van der Waals surface area contributed by atoms with Crippen LogP contribution in [0.2, 0.25) is 0 Å². The van der Waals surface area contributed by atoms with E-state index in [0.29, 0.717) is 22.5 Å². The summed E-state index contributed by atoms with van der Waals surface area (Å²) in [4.78, 5) is 22.4. The van der Waals surface area contributed by atoms with Crippen molar-refractivity contribution in [3.05, 3.63) is 108 Å². The van der Waals surface area contributed by atoms with Crippen LogP contribution in [0.15, 0.2) is 91.1 Å². The fourth-order valence-corrected chi connectivity index (χ4v) is 4.53. The molecule has 0 bridgehead atoms. The van der Waals surface area contributed by atoms with E-state index in [-0.39, 0.29) is 5.91 Å². The maximum absolute atomic E-state index is 13.0. The molecule has 4 aromatic rings. The second-order valence-corrected chi connectivity index (χ2v) is 9.50. The number of nitrogens with zero attached hydrogens (tertiary/aromatic N) is 4. The van der Waals surface area contributed by atoms with Crippen LogP contribution < -0.4 is 10.6 Å². The molecule has 1 amide bonds. The Morgan fingerprint density at radius 3 is 2.32 bits per heavy atom. The van der Waals surface area contributed by atoms with Crippen LogP contribution in [0.4, 0.5) is 17.1 Å². The molecular formula is C31H30N6O. The molecule has 2 N–H and O–H groups in total. The van der Waals surface area contributed by atoms with Gasteiger partial charge in [0.1, 0.15) is 6.07 Å². The Morgan fingerprint density at radius 1 is 0.921 bits per heavy atom. The minimum atomic E-state index is -0.213. The standard InChI is InChI=1S/C31H30N6O/c1-36-15-17-37(18-16-36)22-23-19-26(20-32)30(33-21-23)24-11-13-25(14-12-24)31(38)35-29-10-6-5-9-28(29)34-27-7-3-2-4-8-27/h2-14,19,21,34H,15-18,22H2,1H3,(H,35,38). The number of benzene rings is 3. The molecule has 1 fully saturated rings. The van der Waals surface area contributed by atoms with E-state index in [1.807, 2.05) is 79.0 Å². The van der Waals surface area contributed by atoms with Crippen molar-refractivity contribution in [2.24, 2.45) is 0 Å². The first-order chi connectivity index (χ1) is 18.6. The van der Waals surface area contributed by atoms with Crippen molar-refractivity contribution in [1.82, 2.24) is 14.8 Å². The predicted molar refractivity (Wildman–Crippen MR) is 151 cm³/mol. The molecule has 1 aliphatic rings. The zero-order valence-electron chi connectivity index (χ0n) is 21.4. The smallest absolute Gasteiger partial charge is 0.255 e. The summed E-state index contributed by atoms with van der Waals surface area (Å²) in [6.07, 6.45) is 1.85. The Bertz CT molecular complexity index is 1440. The second kappa shape index (κ2) is 11.7. The third-order valence-electron chi connectivity index (χ3n) is 6.72. The van der Waals surface area contributed by atoms with Gasteiger partial charge in [-0.15, -0.1) is 0 Å². The first kappa shape index (κ1) is 25.2. The number of carbonyl (C=O) groups is 1. The average Bonchev–Trinajstić information content (AvgIpc) is 2.96. The van der Waals surface area contributed by atoms with Crippen LogP contribution in [0.1, 0.15) is 21.5 Å². The van der Waals surface area contributed by atoms with Gasteiger partial charge in [-0.05, 0) is 55.1 Å². The normalized spacial score (nSPS) is 14.0. The summed E-state index contributed by atoms with van der Waals surface area (Å²) in [5.41, 5.74) is 5.96. The van der Waals surface area contributed by atoms with Gasteiger partial charge < -0.3 is 15.5 Å². The van der Waals surface area contributed by atoms with Gasteiger partial charge in [0.25, 0.3) is 5.91 Å². The predicted octanol–water partition coefficient (Wildman–Crippen LogP) is 5.36. The van der Waals surface area contributed by atoms with Gasteiger partial charge in [-0.25, -0.2) is 0 Å². The van der Waals surface area contributed by atoms with Crippen molar-refractivity contribution >= 4 is 23.0 Å². The van der Waals surface area contributed by atoms with Crippen LogP contribution in [0.25, 0.3) is 11.3 Å². The molecular weight excluding hydrogens is 472 g/mol. The van der Waals surface area contributed by atoms with Crippen molar-refractivity contribution in [3.63, 3.8) is 0 Å². The molecule has 190 valence electrons. The Kier molecular flexibility index (Phi) is 7.74. The third kappa shape index (κ3) is 6.06. The Balaban J connectivity index is 1.28. The maximum Gasteiger partial charge on any atom is 0.255 e. The fourth-order valence-electron chi connectivity index (χ4n) is 4.53. The average molecular weight is 503 g/mol. The molecule has 0 aliphatic carbocycles. The lowest BCUT2D eigenvalue weighted by Gasteiger charge is -2.32. The number of rotatable bonds is 7. The van der Waals surface area contributed by atoms with E-state index in [1.165, 1.54) is 0 Å². The number of amides is 1. The number of aromatic nitrogens is 1. The SMILES string of the molecule is CN1CCN(Cc2cnc(-c3ccc(C(=O)Nc4ccccc4Nc4ccccc4)cc3)c(C#N)c2)CC1. The second-order valence-electron chi connectivity index (χ2n) is 9.50. The molecule has 0 saturated carbocycles. The summed E-state index contributed by atoms with van der Waals surface area (Å²) in [5.74, 6) is -0.213. The summed E-state index contributed by atoms with van der Waals surface area (Å²) in [7, 11) is 2.14. The lowest BCUT2D eigenvalue weighted by molar-refractivity contribution is 0.102. The van der Waals surface area contributed by atoms with E-state index in [4.69, 9.17) is 0 Å². The molecule has 0 atom stereocenters. The van der Waals surface area contributed by atoms with Crippen LogP contribution in [-0.2, 0) is 6.54 Å². The number of piperazine rings is 1. The van der Waals surface area contributed by atoms with Gasteiger partial charge in [-0.3, -0.25) is 14.7 Å². The largest absolute Gasteiger partial charge is 0.354 e. The number of likely N-dealkylation sites (N-methyl/N-ethyl adjacent to an activating group) is 1. The number of hydrogen-bond donors (Lipinski definition) is 2. The highest BCUT2D eigenvalue weighted by molar-refractivity contribution is 6.06. The van der Waals surface area contributed by atoms with Crippen LogP contribution in [0.3, 0.4) is 0 Å². The van der Waals surface area contributed by atoms with Gasteiger partial charge in [0.15, 0.2) is 0 Å². The van der Waals surface area contributed by atoms with E-state index in [9.17, 15) is 10.1 Å². The zero-order chi connectivity index (χ0) is 26.3. The monoisotopic (exact) mass is 502 g/mol. The molecule has 1 aromatic heterocycles. The van der Waals surface area contributed by atoms with Crippen molar-refractivity contribution < 1.29 is 4.79 Å². The molecule has 38 heavy (non-hydrogen) atoms. The van der Waals surface area contributed by atoms with Gasteiger partial charge in [0.05, 0.1) is 22.6 Å². The third-order valence-corrected chi connectivity index (χ3v) is 6.72. The molecule has 1 aliphatic heterocycles. The molecule has 7 nitrogen and oxygen atoms in total. The number of carbonyl (C=O) groups excluding carboxylic acids is 1. The van der Waals surface area contributed by atoms with Crippen LogP contribution in [-0.4, -0.2) is 53.9 Å². The highest BCUT2D eigenvalue weighted by Crippen LogP contribution is 2.27. The molecule has 3 aromatic carbocycles. The Labute approximate surface area is 223 Å².